The normalized spacial score (nSPS) is 19.3. The molecule has 1 atom stereocenters. The van der Waals surface area contributed by atoms with Gasteiger partial charge in [0.1, 0.15) is 5.01 Å². The zero-order valence-electron chi connectivity index (χ0n) is 13.0. The zero-order chi connectivity index (χ0) is 15.7. The molecule has 0 amide bonds. The minimum Gasteiger partial charge on any atom is -0.314 e. The number of aromatic nitrogens is 1. The topological polar surface area (TPSA) is 62.3 Å². The summed E-state index contributed by atoms with van der Waals surface area (Å²) in [5.41, 5.74) is 1.80. The van der Waals surface area contributed by atoms with Crippen molar-refractivity contribution in [2.24, 2.45) is 0 Å². The van der Waals surface area contributed by atoms with Crippen LogP contribution in [0.2, 0.25) is 0 Å². The maximum Gasteiger partial charge on any atom is 0.243 e. The lowest BCUT2D eigenvalue weighted by Gasteiger charge is -2.32. The Kier molecular flexibility index (Phi) is 5.80. The summed E-state index contributed by atoms with van der Waals surface area (Å²) in [4.78, 5) is 4.77. The minimum atomic E-state index is -3.46. The molecule has 23 heavy (non-hydrogen) atoms. The van der Waals surface area contributed by atoms with Crippen molar-refractivity contribution in [3.63, 3.8) is 0 Å². The van der Waals surface area contributed by atoms with E-state index >= 15 is 0 Å². The first-order valence-corrected chi connectivity index (χ1v) is 9.55. The molecule has 3 rings (SSSR count). The van der Waals surface area contributed by atoms with Gasteiger partial charge in [-0.3, -0.25) is 0 Å². The highest BCUT2D eigenvalue weighted by molar-refractivity contribution is 7.89. The predicted molar refractivity (Wildman–Crippen MR) is 95.8 cm³/mol. The van der Waals surface area contributed by atoms with Crippen molar-refractivity contribution in [3.05, 3.63) is 35.3 Å². The number of hydrogen-bond donors (Lipinski definition) is 1. The first-order valence-electron chi connectivity index (χ1n) is 7.23. The summed E-state index contributed by atoms with van der Waals surface area (Å²) in [6.07, 6.45) is 0. The van der Waals surface area contributed by atoms with Gasteiger partial charge in [-0.05, 0) is 26.0 Å². The molecular weight excluding hydrogens is 354 g/mol. The average Bonchev–Trinajstić information content (AvgIpc) is 2.94. The molecule has 1 saturated heterocycles. The highest BCUT2D eigenvalue weighted by Gasteiger charge is 2.31. The van der Waals surface area contributed by atoms with Crippen molar-refractivity contribution in [2.45, 2.75) is 24.8 Å². The molecule has 0 radical (unpaired) electrons. The van der Waals surface area contributed by atoms with Crippen LogP contribution in [-0.4, -0.2) is 43.4 Å². The Morgan fingerprint density at radius 3 is 2.83 bits per heavy atom. The molecule has 1 aliphatic rings. The number of sulfonamides is 1. The molecule has 2 heterocycles. The Hall–Kier alpha value is -0.990. The van der Waals surface area contributed by atoms with Crippen LogP contribution in [0.4, 0.5) is 0 Å². The summed E-state index contributed by atoms with van der Waals surface area (Å²) >= 11 is 1.53. The SMILES string of the molecule is Cc1csc(-c2cccc(S(=O)(=O)N3CCNC[C@@H]3C)c2)n1.Cl. The molecule has 5 nitrogen and oxygen atoms in total. The van der Waals surface area contributed by atoms with E-state index in [0.29, 0.717) is 24.5 Å². The lowest BCUT2D eigenvalue weighted by Crippen LogP contribution is -2.52. The van der Waals surface area contributed by atoms with Crippen molar-refractivity contribution >= 4 is 33.8 Å². The Morgan fingerprint density at radius 2 is 2.17 bits per heavy atom. The number of nitrogens with one attached hydrogen (secondary N) is 1. The molecule has 1 aromatic carbocycles. The number of rotatable bonds is 3. The zero-order valence-corrected chi connectivity index (χ0v) is 15.5. The summed E-state index contributed by atoms with van der Waals surface area (Å²) < 4.78 is 27.3. The third-order valence-electron chi connectivity index (χ3n) is 3.75. The standard InChI is InChI=1S/C15H19N3O2S2.ClH/c1-11-10-21-15(17-11)13-4-3-5-14(8-13)22(19,20)18-7-6-16-9-12(18)2;/h3-5,8,10,12,16H,6-7,9H2,1-2H3;1H/t12-;/m0./s1. The fraction of sp³-hybridized carbons (Fsp3) is 0.400. The van der Waals surface area contributed by atoms with Crippen molar-refractivity contribution in [3.8, 4) is 10.6 Å². The Labute approximate surface area is 147 Å². The van der Waals surface area contributed by atoms with Gasteiger partial charge in [-0.15, -0.1) is 23.7 Å². The van der Waals surface area contributed by atoms with E-state index in [-0.39, 0.29) is 18.4 Å². The average molecular weight is 374 g/mol. The van der Waals surface area contributed by atoms with Gasteiger partial charge in [-0.2, -0.15) is 4.31 Å². The van der Waals surface area contributed by atoms with E-state index in [1.807, 2.05) is 25.3 Å². The summed E-state index contributed by atoms with van der Waals surface area (Å²) in [6, 6.07) is 7.03. The maximum atomic E-state index is 12.9. The number of aryl methyl sites for hydroxylation is 1. The second-order valence-electron chi connectivity index (χ2n) is 5.49. The largest absolute Gasteiger partial charge is 0.314 e. The van der Waals surface area contributed by atoms with Gasteiger partial charge >= 0.3 is 0 Å². The smallest absolute Gasteiger partial charge is 0.243 e. The summed E-state index contributed by atoms with van der Waals surface area (Å²) in [7, 11) is -3.46. The van der Waals surface area contributed by atoms with Crippen LogP contribution < -0.4 is 5.32 Å². The van der Waals surface area contributed by atoms with Crippen molar-refractivity contribution < 1.29 is 8.42 Å². The Bertz CT molecular complexity index is 777. The second kappa shape index (κ2) is 7.27. The van der Waals surface area contributed by atoms with Gasteiger partial charge in [-0.25, -0.2) is 13.4 Å². The predicted octanol–water partition coefficient (Wildman–Crippen LogP) is 2.52. The fourth-order valence-corrected chi connectivity index (χ4v) is 5.06. The molecule has 0 aliphatic carbocycles. The van der Waals surface area contributed by atoms with Gasteiger partial charge in [0.25, 0.3) is 0 Å². The number of nitrogens with zero attached hydrogens (tertiary/aromatic N) is 2. The minimum absolute atomic E-state index is 0. The van der Waals surface area contributed by atoms with E-state index in [1.165, 1.54) is 11.3 Å². The third kappa shape index (κ3) is 3.75. The highest BCUT2D eigenvalue weighted by Crippen LogP contribution is 2.27. The van der Waals surface area contributed by atoms with Crippen LogP contribution in [0, 0.1) is 6.92 Å². The molecular formula is C15H20ClN3O2S2. The van der Waals surface area contributed by atoms with E-state index in [4.69, 9.17) is 0 Å². The van der Waals surface area contributed by atoms with E-state index < -0.39 is 10.0 Å². The molecule has 1 aliphatic heterocycles. The molecule has 0 unspecified atom stereocenters. The maximum absolute atomic E-state index is 12.9. The molecule has 0 saturated carbocycles. The van der Waals surface area contributed by atoms with Crippen LogP contribution in [0.5, 0.6) is 0 Å². The molecule has 8 heteroatoms. The summed E-state index contributed by atoms with van der Waals surface area (Å²) in [6.45, 7) is 5.74. The Balaban J connectivity index is 0.00000192. The first kappa shape index (κ1) is 18.4. The van der Waals surface area contributed by atoms with Crippen molar-refractivity contribution in [2.75, 3.05) is 19.6 Å². The van der Waals surface area contributed by atoms with Gasteiger partial charge in [0.15, 0.2) is 0 Å². The van der Waals surface area contributed by atoms with E-state index in [9.17, 15) is 8.42 Å². The van der Waals surface area contributed by atoms with E-state index in [2.05, 4.69) is 10.3 Å². The van der Waals surface area contributed by atoms with Crippen molar-refractivity contribution in [1.29, 1.82) is 0 Å². The van der Waals surface area contributed by atoms with Crippen LogP contribution in [-0.2, 0) is 10.0 Å². The molecule has 1 aromatic heterocycles. The number of halogens is 1. The molecule has 1 N–H and O–H groups in total. The summed E-state index contributed by atoms with van der Waals surface area (Å²) in [5.74, 6) is 0. The molecule has 0 bridgehead atoms. The second-order valence-corrected chi connectivity index (χ2v) is 8.24. The van der Waals surface area contributed by atoms with Gasteiger partial charge < -0.3 is 5.32 Å². The summed E-state index contributed by atoms with van der Waals surface area (Å²) in [5, 5.41) is 6.03. The number of piperazine rings is 1. The lowest BCUT2D eigenvalue weighted by molar-refractivity contribution is 0.284. The van der Waals surface area contributed by atoms with Gasteiger partial charge in [-0.1, -0.05) is 12.1 Å². The first-order chi connectivity index (χ1) is 10.5. The molecule has 0 spiro atoms. The quantitative estimate of drug-likeness (QED) is 0.898. The van der Waals surface area contributed by atoms with Crippen LogP contribution in [0.25, 0.3) is 10.6 Å². The third-order valence-corrected chi connectivity index (χ3v) is 6.77. The van der Waals surface area contributed by atoms with Crippen LogP contribution in [0.3, 0.4) is 0 Å². The molecule has 126 valence electrons. The number of thiazole rings is 1. The number of hydrogen-bond acceptors (Lipinski definition) is 5. The fourth-order valence-electron chi connectivity index (χ4n) is 2.59. The number of benzene rings is 1. The van der Waals surface area contributed by atoms with Gasteiger partial charge in [0, 0.05) is 42.3 Å². The Morgan fingerprint density at radius 1 is 1.39 bits per heavy atom. The van der Waals surface area contributed by atoms with E-state index in [0.717, 1.165) is 16.3 Å². The molecule has 2 aromatic rings. The molecule has 1 fully saturated rings. The van der Waals surface area contributed by atoms with E-state index in [1.54, 1.807) is 22.5 Å². The van der Waals surface area contributed by atoms with Crippen LogP contribution in [0.1, 0.15) is 12.6 Å². The lowest BCUT2D eigenvalue weighted by atomic mass is 10.2. The van der Waals surface area contributed by atoms with Gasteiger partial charge in [0.05, 0.1) is 4.90 Å². The van der Waals surface area contributed by atoms with Crippen molar-refractivity contribution in [1.82, 2.24) is 14.6 Å². The monoisotopic (exact) mass is 373 g/mol. The van der Waals surface area contributed by atoms with Crippen LogP contribution in [0.15, 0.2) is 34.5 Å². The van der Waals surface area contributed by atoms with Crippen LogP contribution >= 0.6 is 23.7 Å². The highest BCUT2D eigenvalue weighted by atomic mass is 35.5. The van der Waals surface area contributed by atoms with Gasteiger partial charge in [0.2, 0.25) is 10.0 Å².